The Bertz CT molecular complexity index is 1460. The minimum Gasteiger partial charge on any atom is -0.497 e. The predicted octanol–water partition coefficient (Wildman–Crippen LogP) is 5.35. The first-order valence-corrected chi connectivity index (χ1v) is 15.2. The van der Waals surface area contributed by atoms with Crippen molar-refractivity contribution in [1.29, 1.82) is 0 Å². The van der Waals surface area contributed by atoms with Crippen molar-refractivity contribution in [2.24, 2.45) is 5.92 Å². The first-order chi connectivity index (χ1) is 19.3. The zero-order chi connectivity index (χ0) is 30.3. The molecule has 0 spiro atoms. The Morgan fingerprint density at radius 3 is 2.17 bits per heavy atom. The zero-order valence-corrected chi connectivity index (χ0v) is 25.9. The van der Waals surface area contributed by atoms with Crippen LogP contribution in [-0.4, -0.2) is 51.4 Å². The van der Waals surface area contributed by atoms with Crippen LogP contribution in [-0.2, 0) is 26.2 Å². The Hall–Kier alpha value is -3.56. The molecule has 0 bridgehead atoms. The van der Waals surface area contributed by atoms with Crippen LogP contribution in [0.3, 0.4) is 0 Å². The maximum absolute atomic E-state index is 14.0. The summed E-state index contributed by atoms with van der Waals surface area (Å²) in [6, 6.07) is 17.6. The quantitative estimate of drug-likeness (QED) is 0.303. The maximum Gasteiger partial charge on any atom is 0.264 e. The Morgan fingerprint density at radius 1 is 0.951 bits per heavy atom. The number of methoxy groups -OCH3 is 1. The van der Waals surface area contributed by atoms with Crippen LogP contribution in [0.5, 0.6) is 5.75 Å². The summed E-state index contributed by atoms with van der Waals surface area (Å²) in [5.41, 5.74) is 2.46. The number of hydrogen-bond acceptors (Lipinski definition) is 5. The molecule has 0 fully saturated rings. The maximum atomic E-state index is 14.0. The van der Waals surface area contributed by atoms with E-state index in [9.17, 15) is 18.0 Å². The highest BCUT2D eigenvalue weighted by Crippen LogP contribution is 2.31. The van der Waals surface area contributed by atoms with Gasteiger partial charge in [0.1, 0.15) is 18.3 Å². The number of amides is 2. The fourth-order valence-corrected chi connectivity index (χ4v) is 5.82. The van der Waals surface area contributed by atoms with Crippen molar-refractivity contribution in [2.45, 2.75) is 52.1 Å². The lowest BCUT2D eigenvalue weighted by Crippen LogP contribution is -2.51. The van der Waals surface area contributed by atoms with Gasteiger partial charge in [-0.2, -0.15) is 0 Å². The molecule has 10 heteroatoms. The molecule has 1 N–H and O–H groups in total. The summed E-state index contributed by atoms with van der Waals surface area (Å²) in [5.74, 6) is 0.00880. The van der Waals surface area contributed by atoms with Crippen molar-refractivity contribution in [2.75, 3.05) is 24.5 Å². The molecule has 0 saturated carbocycles. The second-order valence-electron chi connectivity index (χ2n) is 10.4. The smallest absolute Gasteiger partial charge is 0.264 e. The Balaban J connectivity index is 2.05. The number of aryl methyl sites for hydroxylation is 1. The van der Waals surface area contributed by atoms with Gasteiger partial charge in [0.15, 0.2) is 0 Å². The van der Waals surface area contributed by atoms with E-state index < -0.39 is 28.5 Å². The number of nitrogens with zero attached hydrogens (tertiary/aromatic N) is 2. The van der Waals surface area contributed by atoms with Crippen molar-refractivity contribution in [3.05, 3.63) is 88.4 Å². The molecule has 0 aliphatic heterocycles. The van der Waals surface area contributed by atoms with Gasteiger partial charge in [0, 0.05) is 18.1 Å². The molecule has 0 aromatic heterocycles. The summed E-state index contributed by atoms with van der Waals surface area (Å²) in [6.45, 7) is 9.17. The fraction of sp³-hybridized carbons (Fsp3) is 0.355. The number of sulfonamides is 1. The number of rotatable bonds is 12. The van der Waals surface area contributed by atoms with Crippen LogP contribution >= 0.6 is 11.6 Å². The number of hydrogen-bond donors (Lipinski definition) is 1. The number of nitrogens with one attached hydrogen (secondary N) is 1. The van der Waals surface area contributed by atoms with Gasteiger partial charge in [-0.1, -0.05) is 61.3 Å². The number of ether oxygens (including phenoxy) is 1. The second-order valence-corrected chi connectivity index (χ2v) is 12.7. The Morgan fingerprint density at radius 2 is 1.59 bits per heavy atom. The number of benzene rings is 3. The summed E-state index contributed by atoms with van der Waals surface area (Å²) < 4.78 is 34.3. The third kappa shape index (κ3) is 8.01. The summed E-state index contributed by atoms with van der Waals surface area (Å²) in [5, 5.41) is 3.25. The first kappa shape index (κ1) is 32.0. The second kappa shape index (κ2) is 13.9. The average molecular weight is 600 g/mol. The SMILES string of the molecule is COc1ccc(CN(C(=O)CN(c2cccc(Cl)c2C)S(=O)(=O)c2ccc(C)cc2)C(C)C(=O)NCC(C)C)cc1. The highest BCUT2D eigenvalue weighted by molar-refractivity contribution is 7.92. The van der Waals surface area contributed by atoms with Gasteiger partial charge in [-0.3, -0.25) is 13.9 Å². The zero-order valence-electron chi connectivity index (χ0n) is 24.3. The van der Waals surface area contributed by atoms with Crippen molar-refractivity contribution in [1.82, 2.24) is 10.2 Å². The highest BCUT2D eigenvalue weighted by Gasteiger charge is 2.33. The van der Waals surface area contributed by atoms with E-state index in [1.807, 2.05) is 20.8 Å². The van der Waals surface area contributed by atoms with Gasteiger partial charge in [0.05, 0.1) is 17.7 Å². The molecule has 3 aromatic rings. The van der Waals surface area contributed by atoms with Gasteiger partial charge in [0.2, 0.25) is 11.8 Å². The molecule has 8 nitrogen and oxygen atoms in total. The number of carbonyl (C=O) groups excluding carboxylic acids is 2. The van der Waals surface area contributed by atoms with Crippen LogP contribution in [0.1, 0.15) is 37.5 Å². The Labute approximate surface area is 248 Å². The average Bonchev–Trinajstić information content (AvgIpc) is 2.95. The van der Waals surface area contributed by atoms with E-state index in [4.69, 9.17) is 16.3 Å². The molecular formula is C31H38ClN3O5S. The molecule has 1 atom stereocenters. The van der Waals surface area contributed by atoms with Crippen molar-refractivity contribution in [3.8, 4) is 5.75 Å². The number of anilines is 1. The van der Waals surface area contributed by atoms with E-state index in [-0.39, 0.29) is 29.0 Å². The fourth-order valence-electron chi connectivity index (χ4n) is 4.18. The molecule has 3 rings (SSSR count). The normalized spacial score (nSPS) is 12.1. The van der Waals surface area contributed by atoms with Crippen LogP contribution in [0.4, 0.5) is 5.69 Å². The molecule has 0 saturated heterocycles. The molecule has 3 aromatic carbocycles. The van der Waals surface area contributed by atoms with Gasteiger partial charge >= 0.3 is 0 Å². The molecule has 41 heavy (non-hydrogen) atoms. The van der Waals surface area contributed by atoms with Crippen LogP contribution in [0.25, 0.3) is 0 Å². The predicted molar refractivity (Wildman–Crippen MR) is 163 cm³/mol. The first-order valence-electron chi connectivity index (χ1n) is 13.4. The summed E-state index contributed by atoms with van der Waals surface area (Å²) >= 11 is 6.38. The van der Waals surface area contributed by atoms with E-state index >= 15 is 0 Å². The van der Waals surface area contributed by atoms with Crippen LogP contribution in [0, 0.1) is 19.8 Å². The van der Waals surface area contributed by atoms with E-state index in [1.165, 1.54) is 17.0 Å². The summed E-state index contributed by atoms with van der Waals surface area (Å²) in [7, 11) is -2.62. The van der Waals surface area contributed by atoms with Crippen molar-refractivity contribution in [3.63, 3.8) is 0 Å². The topological polar surface area (TPSA) is 96.0 Å². The van der Waals surface area contributed by atoms with Crippen molar-refractivity contribution >= 4 is 39.1 Å². The minimum absolute atomic E-state index is 0.0414. The van der Waals surface area contributed by atoms with Gasteiger partial charge in [0.25, 0.3) is 10.0 Å². The van der Waals surface area contributed by atoms with Gasteiger partial charge < -0.3 is 15.0 Å². The van der Waals surface area contributed by atoms with Crippen molar-refractivity contribution < 1.29 is 22.7 Å². The van der Waals surface area contributed by atoms with Crippen LogP contribution in [0.2, 0.25) is 5.02 Å². The van der Waals surface area contributed by atoms with Gasteiger partial charge in [-0.15, -0.1) is 0 Å². The molecule has 1 unspecified atom stereocenters. The molecule has 220 valence electrons. The lowest BCUT2D eigenvalue weighted by atomic mass is 10.1. The minimum atomic E-state index is -4.18. The molecule has 0 aliphatic carbocycles. The number of carbonyl (C=O) groups is 2. The van der Waals surface area contributed by atoms with Crippen LogP contribution < -0.4 is 14.4 Å². The van der Waals surface area contributed by atoms with Crippen LogP contribution in [0.15, 0.2) is 71.6 Å². The van der Waals surface area contributed by atoms with Gasteiger partial charge in [-0.25, -0.2) is 8.42 Å². The molecule has 0 radical (unpaired) electrons. The standard InChI is InChI=1S/C31H38ClN3O5S/c1-21(2)18-33-31(37)24(5)34(19-25-12-14-26(40-6)15-13-25)30(36)20-35(29-9-7-8-28(32)23(29)4)41(38,39)27-16-10-22(3)11-17-27/h7-17,21,24H,18-20H2,1-6H3,(H,33,37). The largest absolute Gasteiger partial charge is 0.497 e. The molecule has 2 amide bonds. The summed E-state index contributed by atoms with van der Waals surface area (Å²) in [4.78, 5) is 28.6. The molecule has 0 heterocycles. The van der Waals surface area contributed by atoms with E-state index in [0.29, 0.717) is 22.9 Å². The number of halogens is 1. The lowest BCUT2D eigenvalue weighted by Gasteiger charge is -2.32. The molecule has 0 aliphatic rings. The van der Waals surface area contributed by atoms with E-state index in [2.05, 4.69) is 5.32 Å². The van der Waals surface area contributed by atoms with Gasteiger partial charge in [-0.05, 0) is 74.2 Å². The van der Waals surface area contributed by atoms with E-state index in [0.717, 1.165) is 15.4 Å². The lowest BCUT2D eigenvalue weighted by molar-refractivity contribution is -0.139. The summed E-state index contributed by atoms with van der Waals surface area (Å²) in [6.07, 6.45) is 0. The highest BCUT2D eigenvalue weighted by atomic mass is 35.5. The third-order valence-corrected chi connectivity index (χ3v) is 8.94. The van der Waals surface area contributed by atoms with E-state index in [1.54, 1.807) is 75.6 Å². The monoisotopic (exact) mass is 599 g/mol. The third-order valence-electron chi connectivity index (χ3n) is 6.76. The Kier molecular flexibility index (Phi) is 10.8. The molecular weight excluding hydrogens is 562 g/mol.